The highest BCUT2D eigenvalue weighted by atomic mass is 16.3. The zero-order chi connectivity index (χ0) is 21.8. The van der Waals surface area contributed by atoms with Crippen molar-refractivity contribution in [1.82, 2.24) is 14.9 Å². The molecular formula is C22H19N5O4. The Kier molecular flexibility index (Phi) is 5.48. The monoisotopic (exact) mass is 417 g/mol. The number of hydrogen-bond donors (Lipinski definition) is 3. The highest BCUT2D eigenvalue weighted by molar-refractivity contribution is 6.01. The summed E-state index contributed by atoms with van der Waals surface area (Å²) in [6.07, 6.45) is 2.91. The lowest BCUT2D eigenvalue weighted by Gasteiger charge is -2.09. The summed E-state index contributed by atoms with van der Waals surface area (Å²) < 4.78 is 6.81. The number of nitrogens with one attached hydrogen (secondary N) is 3. The average molecular weight is 417 g/mol. The molecule has 2 heterocycles. The standard InChI is InChI=1S/C22H19N5O4/c1-2-11-23-22(30)26-15-9-7-14(8-10-15)25-18(28)12-27-13-24-19-16-5-3-4-6-17(16)31-20(19)21(27)29/h2-10,13H,1,11-12H2,(H,25,28)(H2,23,26,30). The molecule has 0 unspecified atom stereocenters. The molecule has 4 rings (SSSR count). The van der Waals surface area contributed by atoms with Crippen molar-refractivity contribution in [2.24, 2.45) is 0 Å². The van der Waals surface area contributed by atoms with Crippen LogP contribution in [0.25, 0.3) is 22.1 Å². The minimum Gasteiger partial charge on any atom is -0.448 e. The quantitative estimate of drug-likeness (QED) is 0.417. The van der Waals surface area contributed by atoms with Gasteiger partial charge in [0.15, 0.2) is 0 Å². The lowest BCUT2D eigenvalue weighted by Crippen LogP contribution is -2.28. The van der Waals surface area contributed by atoms with Gasteiger partial charge in [0.05, 0.1) is 6.33 Å². The lowest BCUT2D eigenvalue weighted by molar-refractivity contribution is -0.116. The normalized spacial score (nSPS) is 10.7. The van der Waals surface area contributed by atoms with Crippen LogP contribution in [-0.2, 0) is 11.3 Å². The number of benzene rings is 2. The van der Waals surface area contributed by atoms with Crippen LogP contribution in [0.3, 0.4) is 0 Å². The molecule has 3 N–H and O–H groups in total. The molecule has 0 radical (unpaired) electrons. The molecule has 0 saturated heterocycles. The van der Waals surface area contributed by atoms with Gasteiger partial charge in [0.25, 0.3) is 5.56 Å². The number of fused-ring (bicyclic) bond motifs is 3. The summed E-state index contributed by atoms with van der Waals surface area (Å²) in [5.41, 5.74) is 1.81. The zero-order valence-electron chi connectivity index (χ0n) is 16.4. The summed E-state index contributed by atoms with van der Waals surface area (Å²) in [4.78, 5) is 41.0. The molecule has 0 spiro atoms. The Labute approximate surface area is 176 Å². The Balaban J connectivity index is 1.44. The van der Waals surface area contributed by atoms with E-state index < -0.39 is 11.5 Å². The van der Waals surface area contributed by atoms with Crippen LogP contribution in [-0.4, -0.2) is 28.0 Å². The number of rotatable bonds is 6. The second-order valence-corrected chi connectivity index (χ2v) is 6.70. The Morgan fingerprint density at radius 3 is 2.52 bits per heavy atom. The second kappa shape index (κ2) is 8.54. The van der Waals surface area contributed by atoms with Gasteiger partial charge in [-0.3, -0.25) is 14.2 Å². The first-order valence-corrected chi connectivity index (χ1v) is 9.47. The van der Waals surface area contributed by atoms with Crippen molar-refractivity contribution in [2.75, 3.05) is 17.2 Å². The van der Waals surface area contributed by atoms with E-state index in [0.717, 1.165) is 5.39 Å². The van der Waals surface area contributed by atoms with Gasteiger partial charge in [-0.05, 0) is 36.4 Å². The molecule has 0 bridgehead atoms. The van der Waals surface area contributed by atoms with Gasteiger partial charge >= 0.3 is 6.03 Å². The molecule has 0 aliphatic heterocycles. The number of carbonyl (C=O) groups excluding carboxylic acids is 2. The summed E-state index contributed by atoms with van der Waals surface area (Å²) in [5.74, 6) is -0.399. The summed E-state index contributed by atoms with van der Waals surface area (Å²) in [7, 11) is 0. The van der Waals surface area contributed by atoms with Gasteiger partial charge in [-0.2, -0.15) is 0 Å². The first-order valence-electron chi connectivity index (χ1n) is 9.47. The second-order valence-electron chi connectivity index (χ2n) is 6.70. The van der Waals surface area contributed by atoms with Crippen LogP contribution in [0.15, 0.2) is 76.7 Å². The minimum atomic E-state index is -0.429. The Morgan fingerprint density at radius 1 is 1.06 bits per heavy atom. The van der Waals surface area contributed by atoms with Crippen molar-refractivity contribution >= 4 is 45.4 Å². The number of nitrogens with zero attached hydrogens (tertiary/aromatic N) is 2. The zero-order valence-corrected chi connectivity index (χ0v) is 16.4. The number of anilines is 2. The molecule has 0 atom stereocenters. The van der Waals surface area contributed by atoms with Gasteiger partial charge < -0.3 is 20.4 Å². The smallest absolute Gasteiger partial charge is 0.319 e. The molecule has 9 nitrogen and oxygen atoms in total. The van der Waals surface area contributed by atoms with E-state index in [2.05, 4.69) is 27.5 Å². The van der Waals surface area contributed by atoms with Crippen LogP contribution < -0.4 is 21.5 Å². The van der Waals surface area contributed by atoms with E-state index in [1.807, 2.05) is 18.2 Å². The number of hydrogen-bond acceptors (Lipinski definition) is 5. The largest absolute Gasteiger partial charge is 0.448 e. The maximum Gasteiger partial charge on any atom is 0.319 e. The topological polar surface area (TPSA) is 118 Å². The summed E-state index contributed by atoms with van der Waals surface area (Å²) >= 11 is 0. The molecule has 31 heavy (non-hydrogen) atoms. The molecular weight excluding hydrogens is 398 g/mol. The van der Waals surface area contributed by atoms with Crippen LogP contribution in [0.5, 0.6) is 0 Å². The Bertz CT molecular complexity index is 1340. The SMILES string of the molecule is C=CCNC(=O)Nc1ccc(NC(=O)Cn2cnc3c(oc4ccccc43)c2=O)cc1. The third-order valence-corrected chi connectivity index (χ3v) is 4.50. The maximum absolute atomic E-state index is 12.7. The van der Waals surface area contributed by atoms with Crippen LogP contribution in [0.4, 0.5) is 16.2 Å². The number of carbonyl (C=O) groups is 2. The molecule has 0 fully saturated rings. The molecule has 0 aliphatic rings. The van der Waals surface area contributed by atoms with Gasteiger partial charge in [-0.1, -0.05) is 18.2 Å². The van der Waals surface area contributed by atoms with E-state index in [0.29, 0.717) is 29.0 Å². The van der Waals surface area contributed by atoms with E-state index in [1.54, 1.807) is 36.4 Å². The lowest BCUT2D eigenvalue weighted by atomic mass is 10.2. The van der Waals surface area contributed by atoms with Crippen molar-refractivity contribution < 1.29 is 14.0 Å². The summed E-state index contributed by atoms with van der Waals surface area (Å²) in [6, 6.07) is 13.5. The Hall–Kier alpha value is -4.40. The Morgan fingerprint density at radius 2 is 1.77 bits per heavy atom. The van der Waals surface area contributed by atoms with E-state index in [1.165, 1.54) is 10.9 Å². The fraction of sp³-hybridized carbons (Fsp3) is 0.0909. The van der Waals surface area contributed by atoms with E-state index in [9.17, 15) is 14.4 Å². The van der Waals surface area contributed by atoms with Crippen molar-refractivity contribution in [1.29, 1.82) is 0 Å². The van der Waals surface area contributed by atoms with Crippen LogP contribution >= 0.6 is 0 Å². The molecule has 156 valence electrons. The van der Waals surface area contributed by atoms with Gasteiger partial charge in [-0.25, -0.2) is 9.78 Å². The molecule has 2 aromatic carbocycles. The van der Waals surface area contributed by atoms with E-state index in [-0.39, 0.29) is 18.2 Å². The van der Waals surface area contributed by atoms with Gasteiger partial charge in [0, 0.05) is 23.3 Å². The highest BCUT2D eigenvalue weighted by Gasteiger charge is 2.14. The molecule has 0 aliphatic carbocycles. The minimum absolute atomic E-state index is 0.113. The van der Waals surface area contributed by atoms with Gasteiger partial charge in [0.2, 0.25) is 11.5 Å². The molecule has 9 heteroatoms. The fourth-order valence-corrected chi connectivity index (χ4v) is 3.06. The molecule has 3 amide bonds. The van der Waals surface area contributed by atoms with Crippen LogP contribution in [0.2, 0.25) is 0 Å². The predicted octanol–water partition coefficient (Wildman–Crippen LogP) is 3.09. The van der Waals surface area contributed by atoms with Gasteiger partial charge in [0.1, 0.15) is 17.6 Å². The molecule has 2 aromatic heterocycles. The van der Waals surface area contributed by atoms with Crippen molar-refractivity contribution in [3.63, 3.8) is 0 Å². The van der Waals surface area contributed by atoms with Crippen molar-refractivity contribution in [3.05, 3.63) is 77.9 Å². The van der Waals surface area contributed by atoms with Crippen molar-refractivity contribution in [2.45, 2.75) is 6.54 Å². The first-order chi connectivity index (χ1) is 15.0. The van der Waals surface area contributed by atoms with Crippen molar-refractivity contribution in [3.8, 4) is 0 Å². The third kappa shape index (κ3) is 4.30. The number of amides is 3. The average Bonchev–Trinajstić information content (AvgIpc) is 3.15. The summed E-state index contributed by atoms with van der Waals surface area (Å²) in [5, 5.41) is 8.71. The molecule has 4 aromatic rings. The van der Waals surface area contributed by atoms with Crippen LogP contribution in [0.1, 0.15) is 0 Å². The maximum atomic E-state index is 12.7. The highest BCUT2D eigenvalue weighted by Crippen LogP contribution is 2.24. The number of furan rings is 1. The van der Waals surface area contributed by atoms with E-state index in [4.69, 9.17) is 4.42 Å². The van der Waals surface area contributed by atoms with Gasteiger partial charge in [-0.15, -0.1) is 6.58 Å². The van der Waals surface area contributed by atoms with E-state index >= 15 is 0 Å². The fourth-order valence-electron chi connectivity index (χ4n) is 3.06. The van der Waals surface area contributed by atoms with Crippen LogP contribution in [0, 0.1) is 0 Å². The predicted molar refractivity (Wildman–Crippen MR) is 118 cm³/mol. The first kappa shape index (κ1) is 19.9. The number of para-hydroxylation sites is 1. The number of aromatic nitrogens is 2. The summed E-state index contributed by atoms with van der Waals surface area (Å²) in [6.45, 7) is 3.66. The third-order valence-electron chi connectivity index (χ3n) is 4.50. The number of urea groups is 1. The molecule has 0 saturated carbocycles.